The molecule has 4 amide bonds. The van der Waals surface area contributed by atoms with Crippen LogP contribution >= 0.6 is 0 Å². The zero-order valence-electron chi connectivity index (χ0n) is 22.3. The molecule has 0 saturated heterocycles. The van der Waals surface area contributed by atoms with Gasteiger partial charge in [0.15, 0.2) is 0 Å². The summed E-state index contributed by atoms with van der Waals surface area (Å²) >= 11 is 0. The molecule has 0 aliphatic carbocycles. The molecule has 5 N–H and O–H groups in total. The summed E-state index contributed by atoms with van der Waals surface area (Å²) in [6.07, 6.45) is -0.523. The van der Waals surface area contributed by atoms with Gasteiger partial charge in [0.25, 0.3) is 0 Å². The van der Waals surface area contributed by atoms with Crippen molar-refractivity contribution >= 4 is 35.6 Å². The number of hydrogen-bond acceptors (Lipinski definition) is 7. The summed E-state index contributed by atoms with van der Waals surface area (Å²) in [5, 5.41) is 18.8. The Bertz CT molecular complexity index is 975. The molecule has 12 heteroatoms. The quantitative estimate of drug-likeness (QED) is 0.201. The number of nitrogens with one attached hydrogen (secondary N) is 4. The molecular formula is C26H38N4O8. The van der Waals surface area contributed by atoms with Gasteiger partial charge in [0.05, 0.1) is 13.0 Å². The number of rotatable bonds is 15. The smallest absolute Gasteiger partial charge is 0.325 e. The van der Waals surface area contributed by atoms with Crippen molar-refractivity contribution in [1.29, 1.82) is 0 Å². The molecule has 1 aromatic rings. The molecule has 2 unspecified atom stereocenters. The number of ether oxygens (including phenoxy) is 1. The highest BCUT2D eigenvalue weighted by molar-refractivity contribution is 5.91. The predicted octanol–water partition coefficient (Wildman–Crippen LogP) is 0.438. The molecule has 0 fully saturated rings. The van der Waals surface area contributed by atoms with E-state index in [0.29, 0.717) is 6.42 Å². The standard InChI is InChI=1S/C26H38N4O8/c1-17(14-18-8-6-5-7-9-18)29-22(33)15-27-20(31)11-10-19(30-21(32)12-13-23(34)35)25(37)28-16-24(36)38-26(2,3)4/h5-9,17,19H,10-16H2,1-4H3,(H,27,31)(H,28,37)(H,29,33)(H,30,32)(H,34,35). The summed E-state index contributed by atoms with van der Waals surface area (Å²) in [6.45, 7) is 6.13. The molecule has 0 spiro atoms. The summed E-state index contributed by atoms with van der Waals surface area (Å²) in [6, 6.07) is 8.26. The largest absolute Gasteiger partial charge is 0.481 e. The van der Waals surface area contributed by atoms with Gasteiger partial charge in [0.2, 0.25) is 23.6 Å². The average Bonchev–Trinajstić information content (AvgIpc) is 2.81. The Labute approximate surface area is 222 Å². The summed E-state index contributed by atoms with van der Waals surface area (Å²) in [4.78, 5) is 71.7. The maximum Gasteiger partial charge on any atom is 0.325 e. The predicted molar refractivity (Wildman–Crippen MR) is 138 cm³/mol. The van der Waals surface area contributed by atoms with Crippen molar-refractivity contribution in [3.63, 3.8) is 0 Å². The zero-order chi connectivity index (χ0) is 28.7. The van der Waals surface area contributed by atoms with Gasteiger partial charge in [0.1, 0.15) is 18.2 Å². The molecule has 0 bridgehead atoms. The summed E-state index contributed by atoms with van der Waals surface area (Å²) < 4.78 is 5.12. The molecule has 0 radical (unpaired) electrons. The minimum atomic E-state index is -1.20. The maximum atomic E-state index is 12.6. The summed E-state index contributed by atoms with van der Waals surface area (Å²) in [5.74, 6) is -4.21. The third-order valence-corrected chi connectivity index (χ3v) is 4.94. The van der Waals surface area contributed by atoms with Crippen LogP contribution in [0.25, 0.3) is 0 Å². The van der Waals surface area contributed by atoms with Gasteiger partial charge in [-0.15, -0.1) is 0 Å². The molecule has 2 atom stereocenters. The van der Waals surface area contributed by atoms with Crippen molar-refractivity contribution in [2.45, 2.75) is 77.5 Å². The highest BCUT2D eigenvalue weighted by Crippen LogP contribution is 2.07. The first-order chi connectivity index (χ1) is 17.7. The van der Waals surface area contributed by atoms with E-state index in [2.05, 4.69) is 21.3 Å². The number of esters is 1. The molecule has 1 rings (SSSR count). The van der Waals surface area contributed by atoms with Crippen LogP contribution in [0.4, 0.5) is 0 Å². The second kappa shape index (κ2) is 16.0. The molecular weight excluding hydrogens is 496 g/mol. The second-order valence-corrected chi connectivity index (χ2v) is 9.79. The van der Waals surface area contributed by atoms with E-state index in [-0.39, 0.29) is 37.8 Å². The van der Waals surface area contributed by atoms with Crippen LogP contribution in [0.2, 0.25) is 0 Å². The van der Waals surface area contributed by atoms with Gasteiger partial charge in [-0.05, 0) is 46.1 Å². The Morgan fingerprint density at radius 3 is 2.11 bits per heavy atom. The molecule has 0 heterocycles. The fourth-order valence-corrected chi connectivity index (χ4v) is 3.30. The fraction of sp³-hybridized carbons (Fsp3) is 0.538. The van der Waals surface area contributed by atoms with Crippen LogP contribution in [0, 0.1) is 0 Å². The van der Waals surface area contributed by atoms with Crippen LogP contribution in [0.15, 0.2) is 30.3 Å². The monoisotopic (exact) mass is 534 g/mol. The Morgan fingerprint density at radius 1 is 0.842 bits per heavy atom. The number of carboxylic acid groups (broad SMARTS) is 1. The number of carbonyl (C=O) groups excluding carboxylic acids is 5. The topological polar surface area (TPSA) is 180 Å². The van der Waals surface area contributed by atoms with Crippen molar-refractivity contribution in [2.24, 2.45) is 0 Å². The Morgan fingerprint density at radius 2 is 1.50 bits per heavy atom. The first kappa shape index (κ1) is 32.1. The summed E-state index contributed by atoms with van der Waals surface area (Å²) in [7, 11) is 0. The molecule has 12 nitrogen and oxygen atoms in total. The van der Waals surface area contributed by atoms with Gasteiger partial charge in [-0.25, -0.2) is 0 Å². The van der Waals surface area contributed by atoms with Gasteiger partial charge >= 0.3 is 11.9 Å². The molecule has 0 aromatic heterocycles. The molecule has 38 heavy (non-hydrogen) atoms. The van der Waals surface area contributed by atoms with E-state index in [1.807, 2.05) is 37.3 Å². The van der Waals surface area contributed by atoms with Crippen molar-refractivity contribution in [2.75, 3.05) is 13.1 Å². The molecule has 0 aliphatic heterocycles. The van der Waals surface area contributed by atoms with E-state index in [0.717, 1.165) is 5.56 Å². The van der Waals surface area contributed by atoms with E-state index >= 15 is 0 Å². The number of hydrogen-bond donors (Lipinski definition) is 5. The van der Waals surface area contributed by atoms with Gasteiger partial charge in [-0.3, -0.25) is 28.8 Å². The third-order valence-electron chi connectivity index (χ3n) is 4.94. The third kappa shape index (κ3) is 15.2. The van der Waals surface area contributed by atoms with Crippen LogP contribution in [-0.4, -0.2) is 71.4 Å². The average molecular weight is 535 g/mol. The van der Waals surface area contributed by atoms with Gasteiger partial charge < -0.3 is 31.1 Å². The number of aliphatic carboxylic acids is 1. The second-order valence-electron chi connectivity index (χ2n) is 9.79. The van der Waals surface area contributed by atoms with E-state index < -0.39 is 54.3 Å². The number of amides is 4. The lowest BCUT2D eigenvalue weighted by molar-refractivity contribution is -0.154. The number of benzene rings is 1. The van der Waals surface area contributed by atoms with Crippen LogP contribution in [0.1, 0.15) is 58.9 Å². The Hall–Kier alpha value is -3.96. The van der Waals surface area contributed by atoms with E-state index in [1.165, 1.54) is 0 Å². The Kier molecular flexibility index (Phi) is 13.5. The van der Waals surface area contributed by atoms with Gasteiger partial charge in [-0.2, -0.15) is 0 Å². The number of carboxylic acids is 1. The lowest BCUT2D eigenvalue weighted by Gasteiger charge is -2.21. The van der Waals surface area contributed by atoms with Crippen molar-refractivity contribution in [3.05, 3.63) is 35.9 Å². The van der Waals surface area contributed by atoms with E-state index in [1.54, 1.807) is 20.8 Å². The SMILES string of the molecule is CC(Cc1ccccc1)NC(=O)CNC(=O)CCC(NC(=O)CCC(=O)O)C(=O)NCC(=O)OC(C)(C)C. The van der Waals surface area contributed by atoms with Gasteiger partial charge in [-0.1, -0.05) is 30.3 Å². The van der Waals surface area contributed by atoms with Crippen molar-refractivity contribution < 1.29 is 38.6 Å². The maximum absolute atomic E-state index is 12.6. The lowest BCUT2D eigenvalue weighted by atomic mass is 10.1. The lowest BCUT2D eigenvalue weighted by Crippen LogP contribution is -2.49. The molecule has 1 aromatic carbocycles. The fourth-order valence-electron chi connectivity index (χ4n) is 3.30. The minimum Gasteiger partial charge on any atom is -0.481 e. The van der Waals surface area contributed by atoms with Crippen LogP contribution < -0.4 is 21.3 Å². The highest BCUT2D eigenvalue weighted by atomic mass is 16.6. The molecule has 0 aliphatic rings. The Balaban J connectivity index is 2.57. The highest BCUT2D eigenvalue weighted by Gasteiger charge is 2.24. The zero-order valence-corrected chi connectivity index (χ0v) is 22.3. The van der Waals surface area contributed by atoms with E-state index in [4.69, 9.17) is 9.84 Å². The van der Waals surface area contributed by atoms with Crippen LogP contribution in [-0.2, 0) is 39.9 Å². The first-order valence-electron chi connectivity index (χ1n) is 12.4. The minimum absolute atomic E-state index is 0.142. The summed E-state index contributed by atoms with van der Waals surface area (Å²) in [5.41, 5.74) is 0.307. The number of carbonyl (C=O) groups is 6. The van der Waals surface area contributed by atoms with Crippen LogP contribution in [0.3, 0.4) is 0 Å². The normalized spacial score (nSPS) is 12.4. The molecule has 210 valence electrons. The van der Waals surface area contributed by atoms with Crippen molar-refractivity contribution in [1.82, 2.24) is 21.3 Å². The van der Waals surface area contributed by atoms with Crippen molar-refractivity contribution in [3.8, 4) is 0 Å². The first-order valence-corrected chi connectivity index (χ1v) is 12.4. The van der Waals surface area contributed by atoms with E-state index in [9.17, 15) is 28.8 Å². The van der Waals surface area contributed by atoms with Crippen LogP contribution in [0.5, 0.6) is 0 Å². The van der Waals surface area contributed by atoms with Gasteiger partial charge in [0, 0.05) is 18.9 Å². The molecule has 0 saturated carbocycles.